The van der Waals surface area contributed by atoms with Gasteiger partial charge >= 0.3 is 0 Å². The number of hydrogen-bond acceptors (Lipinski definition) is 5. The maximum atomic E-state index is 13.6. The monoisotopic (exact) mass is 455 g/mol. The Morgan fingerprint density at radius 1 is 1.03 bits per heavy atom. The summed E-state index contributed by atoms with van der Waals surface area (Å²) >= 11 is 0. The van der Waals surface area contributed by atoms with Gasteiger partial charge in [0.05, 0.1) is 5.69 Å². The first-order chi connectivity index (χ1) is 15.0. The molecule has 0 atom stereocenters. The average Bonchev–Trinajstić information content (AvgIpc) is 3.04. The van der Waals surface area contributed by atoms with Crippen molar-refractivity contribution in [2.75, 3.05) is 16.2 Å². The Morgan fingerprint density at radius 2 is 1.62 bits per heavy atom. The number of nitrogens with zero attached hydrogens (tertiary/aromatic N) is 2. The number of benzene rings is 2. The smallest absolute Gasteiger partial charge is 0.270 e. The first-order valence-electron chi connectivity index (χ1n) is 10.4. The third-order valence-electron chi connectivity index (χ3n) is 5.16. The Hall–Kier alpha value is -3.13. The lowest BCUT2D eigenvalue weighted by Gasteiger charge is -2.24. The number of carbonyl (C=O) groups excluding carboxylic acids is 1. The molecule has 0 saturated heterocycles. The molecule has 1 amide bonds. The number of carbonyl (C=O) groups is 1. The lowest BCUT2D eigenvalue weighted by Crippen LogP contribution is -2.38. The standard InChI is InChI=1S/C24H29N3O4S/c1-15(2)20-7-9-22(10-8-20)27(32(29,30)24-18(5)26-31-19(24)6)14-23(28)25-21-12-16(3)11-17(4)13-21/h7-13,15H,14H2,1-6H3,(H,25,28). The number of aromatic nitrogens is 1. The van der Waals surface area contributed by atoms with Crippen LogP contribution in [0.25, 0.3) is 0 Å². The van der Waals surface area contributed by atoms with E-state index in [-0.39, 0.29) is 22.9 Å². The number of sulfonamides is 1. The van der Waals surface area contributed by atoms with Gasteiger partial charge in [-0.3, -0.25) is 9.10 Å². The summed E-state index contributed by atoms with van der Waals surface area (Å²) in [6.45, 7) is 10.7. The second-order valence-corrected chi connectivity index (χ2v) is 10.1. The van der Waals surface area contributed by atoms with Crippen LogP contribution < -0.4 is 9.62 Å². The summed E-state index contributed by atoms with van der Waals surface area (Å²) in [4.78, 5) is 12.9. The van der Waals surface area contributed by atoms with Gasteiger partial charge in [-0.1, -0.05) is 37.2 Å². The zero-order chi connectivity index (χ0) is 23.6. The van der Waals surface area contributed by atoms with Crippen molar-refractivity contribution in [3.8, 4) is 0 Å². The van der Waals surface area contributed by atoms with Gasteiger partial charge in [-0.05, 0) is 74.6 Å². The molecule has 0 spiro atoms. The quantitative estimate of drug-likeness (QED) is 0.549. The second-order valence-electron chi connectivity index (χ2n) is 8.34. The SMILES string of the molecule is Cc1cc(C)cc(NC(=O)CN(c2ccc(C(C)C)cc2)S(=O)(=O)c2c(C)noc2C)c1. The molecule has 0 aliphatic rings. The van der Waals surface area contributed by atoms with E-state index in [9.17, 15) is 13.2 Å². The van der Waals surface area contributed by atoms with Crippen LogP contribution in [0.2, 0.25) is 0 Å². The molecule has 170 valence electrons. The van der Waals surface area contributed by atoms with Crippen molar-refractivity contribution in [3.63, 3.8) is 0 Å². The molecule has 0 aliphatic heterocycles. The highest BCUT2D eigenvalue weighted by atomic mass is 32.2. The predicted molar refractivity (Wildman–Crippen MR) is 126 cm³/mol. The molecule has 3 aromatic rings. The van der Waals surface area contributed by atoms with Crippen LogP contribution in [-0.2, 0) is 14.8 Å². The maximum absolute atomic E-state index is 13.6. The van der Waals surface area contributed by atoms with Gasteiger partial charge in [0.15, 0.2) is 10.7 Å². The summed E-state index contributed by atoms with van der Waals surface area (Å²) in [5, 5.41) is 6.60. The first kappa shape index (κ1) is 23.5. The number of aryl methyl sites for hydroxylation is 4. The van der Waals surface area contributed by atoms with Crippen LogP contribution in [0, 0.1) is 27.7 Å². The molecule has 0 aliphatic carbocycles. The highest BCUT2D eigenvalue weighted by Crippen LogP contribution is 2.29. The van der Waals surface area contributed by atoms with E-state index in [0.717, 1.165) is 21.0 Å². The molecule has 0 fully saturated rings. The maximum Gasteiger partial charge on any atom is 0.270 e. The normalized spacial score (nSPS) is 11.6. The van der Waals surface area contributed by atoms with Crippen molar-refractivity contribution in [1.82, 2.24) is 5.16 Å². The Bertz CT molecular complexity index is 1190. The molecule has 7 nitrogen and oxygen atoms in total. The van der Waals surface area contributed by atoms with Gasteiger partial charge in [0.2, 0.25) is 5.91 Å². The molecule has 0 saturated carbocycles. The van der Waals surface area contributed by atoms with Gasteiger partial charge in [-0.15, -0.1) is 0 Å². The fourth-order valence-corrected chi connectivity index (χ4v) is 5.39. The molecule has 32 heavy (non-hydrogen) atoms. The number of anilines is 2. The topological polar surface area (TPSA) is 92.5 Å². The van der Waals surface area contributed by atoms with Crippen molar-refractivity contribution >= 4 is 27.3 Å². The van der Waals surface area contributed by atoms with E-state index in [1.807, 2.05) is 44.2 Å². The van der Waals surface area contributed by atoms with Crippen LogP contribution in [0.4, 0.5) is 11.4 Å². The fraction of sp³-hybridized carbons (Fsp3) is 0.333. The summed E-state index contributed by atoms with van der Waals surface area (Å²) in [5.41, 5.74) is 4.35. The molecular formula is C24H29N3O4S. The van der Waals surface area contributed by atoms with E-state index in [0.29, 0.717) is 17.3 Å². The summed E-state index contributed by atoms with van der Waals surface area (Å²) in [7, 11) is -4.09. The molecule has 3 rings (SSSR count). The van der Waals surface area contributed by atoms with Gasteiger partial charge in [-0.2, -0.15) is 0 Å². The summed E-state index contributed by atoms with van der Waals surface area (Å²) in [5.74, 6) is 0.0313. The molecule has 1 N–H and O–H groups in total. The zero-order valence-electron chi connectivity index (χ0n) is 19.3. The van der Waals surface area contributed by atoms with Gasteiger partial charge in [0, 0.05) is 5.69 Å². The molecule has 1 heterocycles. The van der Waals surface area contributed by atoms with Crippen LogP contribution in [0.15, 0.2) is 51.9 Å². The third-order valence-corrected chi connectivity index (χ3v) is 7.18. The van der Waals surface area contributed by atoms with Gasteiger partial charge in [-0.25, -0.2) is 8.42 Å². The van der Waals surface area contributed by atoms with E-state index in [4.69, 9.17) is 4.52 Å². The first-order valence-corrected chi connectivity index (χ1v) is 11.9. The highest BCUT2D eigenvalue weighted by molar-refractivity contribution is 7.93. The van der Waals surface area contributed by atoms with Crippen LogP contribution in [-0.4, -0.2) is 26.0 Å². The molecule has 0 unspecified atom stereocenters. The minimum Gasteiger partial charge on any atom is -0.360 e. The third kappa shape index (κ3) is 5.02. The summed E-state index contributed by atoms with van der Waals surface area (Å²) in [6.07, 6.45) is 0. The molecular weight excluding hydrogens is 426 g/mol. The molecule has 0 radical (unpaired) electrons. The number of amides is 1. The second kappa shape index (κ2) is 9.16. The molecule has 1 aromatic heterocycles. The summed E-state index contributed by atoms with van der Waals surface area (Å²) in [6, 6.07) is 12.9. The number of rotatable bonds is 7. The molecule has 0 bridgehead atoms. The minimum absolute atomic E-state index is 0.0235. The lowest BCUT2D eigenvalue weighted by atomic mass is 10.0. The minimum atomic E-state index is -4.09. The van der Waals surface area contributed by atoms with Crippen LogP contribution >= 0.6 is 0 Å². The van der Waals surface area contributed by atoms with Gasteiger partial charge < -0.3 is 9.84 Å². The van der Waals surface area contributed by atoms with Crippen molar-refractivity contribution in [3.05, 3.63) is 70.6 Å². The van der Waals surface area contributed by atoms with E-state index >= 15 is 0 Å². The van der Waals surface area contributed by atoms with Crippen LogP contribution in [0.1, 0.15) is 47.9 Å². The van der Waals surface area contributed by atoms with Crippen molar-refractivity contribution in [2.24, 2.45) is 0 Å². The predicted octanol–water partition coefficient (Wildman–Crippen LogP) is 4.87. The van der Waals surface area contributed by atoms with Gasteiger partial charge in [0.1, 0.15) is 12.2 Å². The van der Waals surface area contributed by atoms with Crippen LogP contribution in [0.3, 0.4) is 0 Å². The Balaban J connectivity index is 1.99. The molecule has 8 heteroatoms. The van der Waals surface area contributed by atoms with Crippen LogP contribution in [0.5, 0.6) is 0 Å². The highest BCUT2D eigenvalue weighted by Gasteiger charge is 2.33. The summed E-state index contributed by atoms with van der Waals surface area (Å²) < 4.78 is 33.4. The number of nitrogens with one attached hydrogen (secondary N) is 1. The number of hydrogen-bond donors (Lipinski definition) is 1. The Kier molecular flexibility index (Phi) is 6.74. The van der Waals surface area contributed by atoms with E-state index in [1.165, 1.54) is 0 Å². The Labute approximate surface area is 189 Å². The fourth-order valence-electron chi connectivity index (χ4n) is 3.67. The van der Waals surface area contributed by atoms with Gasteiger partial charge in [0.25, 0.3) is 10.0 Å². The van der Waals surface area contributed by atoms with Crippen molar-refractivity contribution < 1.29 is 17.7 Å². The lowest BCUT2D eigenvalue weighted by molar-refractivity contribution is -0.114. The largest absolute Gasteiger partial charge is 0.360 e. The van der Waals surface area contributed by atoms with Crippen molar-refractivity contribution in [2.45, 2.75) is 52.4 Å². The molecule has 2 aromatic carbocycles. The van der Waals surface area contributed by atoms with E-state index in [1.54, 1.807) is 26.0 Å². The average molecular weight is 456 g/mol. The van der Waals surface area contributed by atoms with E-state index < -0.39 is 15.9 Å². The van der Waals surface area contributed by atoms with E-state index in [2.05, 4.69) is 24.3 Å². The van der Waals surface area contributed by atoms with Crippen molar-refractivity contribution in [1.29, 1.82) is 0 Å². The zero-order valence-corrected chi connectivity index (χ0v) is 20.1. The Morgan fingerprint density at radius 3 is 2.12 bits per heavy atom.